The summed E-state index contributed by atoms with van der Waals surface area (Å²) in [5, 5.41) is 6.13. The number of ether oxygens (including phenoxy) is 1. The number of amides is 1. The van der Waals surface area contributed by atoms with E-state index in [-0.39, 0.29) is 17.4 Å². The topological polar surface area (TPSA) is 67.9 Å². The Kier molecular flexibility index (Phi) is 6.66. The molecule has 0 saturated heterocycles. The van der Waals surface area contributed by atoms with Crippen LogP contribution in [0.5, 0.6) is 0 Å². The van der Waals surface area contributed by atoms with Gasteiger partial charge in [0.1, 0.15) is 21.5 Å². The fraction of sp³-hybridized carbons (Fsp3) is 0.333. The third-order valence-corrected chi connectivity index (χ3v) is 6.36. The molecule has 1 aromatic carbocycles. The zero-order valence-electron chi connectivity index (χ0n) is 16.1. The Labute approximate surface area is 173 Å². The third kappa shape index (κ3) is 4.34. The van der Waals surface area contributed by atoms with Crippen LogP contribution in [0.25, 0.3) is 0 Å². The fourth-order valence-electron chi connectivity index (χ4n) is 3.49. The van der Waals surface area contributed by atoms with Crippen molar-refractivity contribution in [3.63, 3.8) is 0 Å². The number of hydrogen-bond donors (Lipinski definition) is 1. The Morgan fingerprint density at radius 2 is 2.10 bits per heavy atom. The van der Waals surface area contributed by atoms with Crippen LogP contribution in [0.4, 0.5) is 8.78 Å². The zero-order chi connectivity index (χ0) is 21.0. The highest BCUT2D eigenvalue weighted by atomic mass is 32.2. The Morgan fingerprint density at radius 3 is 2.76 bits per heavy atom. The van der Waals surface area contributed by atoms with E-state index in [1.165, 1.54) is 35.8 Å². The molecular formula is C21H23F2N3O2S. The van der Waals surface area contributed by atoms with Crippen LogP contribution in [0.2, 0.25) is 0 Å². The number of thioether (sulfide) groups is 1. The molecule has 29 heavy (non-hydrogen) atoms. The van der Waals surface area contributed by atoms with Gasteiger partial charge in [0.25, 0.3) is 0 Å². The predicted octanol–water partition coefficient (Wildman–Crippen LogP) is 3.58. The lowest BCUT2D eigenvalue weighted by molar-refractivity contribution is -0.132. The van der Waals surface area contributed by atoms with Crippen molar-refractivity contribution in [2.45, 2.75) is 18.2 Å². The van der Waals surface area contributed by atoms with E-state index in [2.05, 4.69) is 11.7 Å². The molecular weight excluding hydrogens is 396 g/mol. The van der Waals surface area contributed by atoms with Crippen LogP contribution in [0, 0.1) is 17.6 Å². The molecule has 0 radical (unpaired) electrons. The quantitative estimate of drug-likeness (QED) is 0.813. The fourth-order valence-corrected chi connectivity index (χ4v) is 4.95. The van der Waals surface area contributed by atoms with Crippen LogP contribution in [0.3, 0.4) is 0 Å². The summed E-state index contributed by atoms with van der Waals surface area (Å²) in [6.45, 7) is 6.72. The Hall–Kier alpha value is -2.29. The molecule has 2 aliphatic heterocycles. The number of nitrogens with two attached hydrogens (primary N) is 1. The zero-order valence-corrected chi connectivity index (χ0v) is 16.9. The molecule has 0 aromatic heterocycles. The molecule has 0 fully saturated rings. The maximum atomic E-state index is 13.8. The number of hydrogen-bond acceptors (Lipinski definition) is 5. The van der Waals surface area contributed by atoms with Gasteiger partial charge in [0.05, 0.1) is 13.2 Å². The second-order valence-electron chi connectivity index (χ2n) is 6.82. The highest BCUT2D eigenvalue weighted by Crippen LogP contribution is 2.50. The van der Waals surface area contributed by atoms with Crippen LogP contribution >= 0.6 is 11.8 Å². The van der Waals surface area contributed by atoms with Crippen molar-refractivity contribution in [1.82, 2.24) is 5.01 Å². The monoisotopic (exact) mass is 419 g/mol. The Bertz CT molecular complexity index is 880. The van der Waals surface area contributed by atoms with Gasteiger partial charge in [0.2, 0.25) is 5.91 Å². The van der Waals surface area contributed by atoms with Gasteiger partial charge in [-0.25, -0.2) is 13.8 Å². The lowest BCUT2D eigenvalue weighted by atomic mass is 9.89. The van der Waals surface area contributed by atoms with Crippen molar-refractivity contribution < 1.29 is 18.3 Å². The molecule has 2 aliphatic rings. The largest absolute Gasteiger partial charge is 0.377 e. The van der Waals surface area contributed by atoms with Gasteiger partial charge in [0, 0.05) is 24.5 Å². The average molecular weight is 419 g/mol. The Morgan fingerprint density at radius 1 is 1.38 bits per heavy atom. The smallest absolute Gasteiger partial charge is 0.241 e. The van der Waals surface area contributed by atoms with Crippen molar-refractivity contribution in [2.75, 3.05) is 19.8 Å². The van der Waals surface area contributed by atoms with Crippen molar-refractivity contribution in [3.05, 3.63) is 71.9 Å². The summed E-state index contributed by atoms with van der Waals surface area (Å²) < 4.78 is 33.4. The first kappa shape index (κ1) is 21.4. The number of allylic oxidation sites excluding steroid dienone is 2. The molecule has 2 atom stereocenters. The van der Waals surface area contributed by atoms with Crippen molar-refractivity contribution in [3.8, 4) is 0 Å². The molecule has 0 unspecified atom stereocenters. The Balaban J connectivity index is 2.13. The van der Waals surface area contributed by atoms with Gasteiger partial charge in [-0.3, -0.25) is 4.79 Å². The maximum absolute atomic E-state index is 13.8. The van der Waals surface area contributed by atoms with E-state index in [0.717, 1.165) is 6.07 Å². The highest BCUT2D eigenvalue weighted by Gasteiger charge is 2.53. The van der Waals surface area contributed by atoms with Crippen molar-refractivity contribution in [2.24, 2.45) is 16.8 Å². The van der Waals surface area contributed by atoms with Gasteiger partial charge in [-0.2, -0.15) is 5.10 Å². The lowest BCUT2D eigenvalue weighted by Crippen LogP contribution is -2.51. The molecule has 0 bridgehead atoms. The van der Waals surface area contributed by atoms with Gasteiger partial charge >= 0.3 is 0 Å². The summed E-state index contributed by atoms with van der Waals surface area (Å²) in [6, 6.07) is 3.19. The lowest BCUT2D eigenvalue weighted by Gasteiger charge is -2.42. The van der Waals surface area contributed by atoms with Crippen LogP contribution in [-0.4, -0.2) is 40.6 Å². The minimum Gasteiger partial charge on any atom is -0.377 e. The van der Waals surface area contributed by atoms with E-state index in [4.69, 9.17) is 10.5 Å². The van der Waals surface area contributed by atoms with E-state index >= 15 is 0 Å². The van der Waals surface area contributed by atoms with Gasteiger partial charge in [-0.15, -0.1) is 0 Å². The van der Waals surface area contributed by atoms with E-state index < -0.39 is 16.5 Å². The second-order valence-corrected chi connectivity index (χ2v) is 8.03. The normalized spacial score (nSPS) is 27.0. The van der Waals surface area contributed by atoms with E-state index in [0.29, 0.717) is 36.8 Å². The minimum atomic E-state index is -1.01. The number of benzene rings is 1. The highest BCUT2D eigenvalue weighted by molar-refractivity contribution is 8.16. The summed E-state index contributed by atoms with van der Waals surface area (Å²) in [6.07, 6.45) is 7.90. The molecule has 1 spiro atoms. The molecule has 8 heteroatoms. The molecule has 0 aliphatic carbocycles. The van der Waals surface area contributed by atoms with E-state index in [1.54, 1.807) is 0 Å². The van der Waals surface area contributed by atoms with Crippen LogP contribution in [-0.2, 0) is 9.53 Å². The summed E-state index contributed by atoms with van der Waals surface area (Å²) >= 11 is 1.25. The summed E-state index contributed by atoms with van der Waals surface area (Å²) in [5.41, 5.74) is 6.74. The molecule has 5 nitrogen and oxygen atoms in total. The van der Waals surface area contributed by atoms with E-state index in [9.17, 15) is 13.6 Å². The van der Waals surface area contributed by atoms with Crippen molar-refractivity contribution in [1.29, 1.82) is 0 Å². The van der Waals surface area contributed by atoms with Crippen LogP contribution in [0.15, 0.2) is 59.8 Å². The summed E-state index contributed by atoms with van der Waals surface area (Å²) in [4.78, 5) is 11.6. The number of carbonyl (C=O) groups excluding carboxylic acids is 1. The van der Waals surface area contributed by atoms with Gasteiger partial charge < -0.3 is 10.5 Å². The first-order valence-electron chi connectivity index (χ1n) is 9.23. The predicted molar refractivity (Wildman–Crippen MR) is 111 cm³/mol. The first-order chi connectivity index (χ1) is 13.9. The number of carbonyl (C=O) groups is 1. The molecule has 1 amide bonds. The van der Waals surface area contributed by atoms with Gasteiger partial charge in [-0.05, 0) is 30.7 Å². The maximum Gasteiger partial charge on any atom is 0.241 e. The molecule has 2 heterocycles. The third-order valence-electron chi connectivity index (χ3n) is 4.77. The second kappa shape index (κ2) is 9.02. The molecule has 0 saturated carbocycles. The molecule has 154 valence electrons. The van der Waals surface area contributed by atoms with Crippen molar-refractivity contribution >= 4 is 22.7 Å². The van der Waals surface area contributed by atoms with Crippen LogP contribution in [0.1, 0.15) is 18.9 Å². The number of rotatable bonds is 3. The van der Waals surface area contributed by atoms with Crippen LogP contribution < -0.4 is 5.73 Å². The van der Waals surface area contributed by atoms with Gasteiger partial charge in [-0.1, -0.05) is 42.6 Å². The number of hydrazone groups is 1. The first-order valence-corrected chi connectivity index (χ1v) is 10.1. The minimum absolute atomic E-state index is 0.232. The average Bonchev–Trinajstić information content (AvgIpc) is 3.07. The number of nitrogens with zero attached hydrogens (tertiary/aromatic N) is 2. The molecule has 1 aromatic rings. The standard InChI is InChI=1S/C21H23F2N3O2S/c1-14-6-4-3-5-9-28-13-17(7-8-24)21(14)26(15(2)27)25-20(29-21)16-10-18(22)12-19(23)11-16/h3-6,10-12,17H,1,7-9,13,24H2,2H3/b5-3-,6-4-/t17-,21+/m0/s1. The summed E-state index contributed by atoms with van der Waals surface area (Å²) in [5.74, 6) is -1.97. The molecule has 3 rings (SSSR count). The van der Waals surface area contributed by atoms with E-state index in [1.807, 2.05) is 24.3 Å². The number of halogens is 2. The SMILES string of the molecule is C=C1/C=C\C=C/COC[C@H](CCN)[C@]12SC(c1cc(F)cc(F)c1)=NN2C(C)=O. The van der Waals surface area contributed by atoms with Gasteiger partial charge in [0.15, 0.2) is 0 Å². The molecule has 2 N–H and O–H groups in total. The summed E-state index contributed by atoms with van der Waals surface area (Å²) in [7, 11) is 0.